The van der Waals surface area contributed by atoms with Gasteiger partial charge >= 0.3 is 17.9 Å². The second-order valence-corrected chi connectivity index (χ2v) is 9.44. The number of esters is 3. The van der Waals surface area contributed by atoms with Crippen LogP contribution in [0.15, 0.2) is 18.2 Å². The van der Waals surface area contributed by atoms with Crippen molar-refractivity contribution < 1.29 is 38.1 Å². The zero-order chi connectivity index (χ0) is 25.6. The number of hydrogen-bond acceptors (Lipinski definition) is 8. The fraction of sp³-hybridized carbons (Fsp3) is 0.600. The Bertz CT molecular complexity index is 920. The van der Waals surface area contributed by atoms with Crippen LogP contribution in [0.5, 0.6) is 5.75 Å². The van der Waals surface area contributed by atoms with Gasteiger partial charge in [0.1, 0.15) is 24.6 Å². The molecule has 3 atom stereocenters. The maximum atomic E-state index is 12.2. The molecule has 0 N–H and O–H groups in total. The Kier molecular flexibility index (Phi) is 9.06. The van der Waals surface area contributed by atoms with Gasteiger partial charge in [-0.2, -0.15) is 0 Å². The molecule has 1 aliphatic carbocycles. The minimum absolute atomic E-state index is 0.0293. The van der Waals surface area contributed by atoms with E-state index in [4.69, 9.17) is 18.9 Å². The van der Waals surface area contributed by atoms with Gasteiger partial charge in [-0.05, 0) is 32.4 Å². The Morgan fingerprint density at radius 2 is 1.53 bits per heavy atom. The highest BCUT2D eigenvalue weighted by molar-refractivity contribution is 5.74. The summed E-state index contributed by atoms with van der Waals surface area (Å²) in [6.07, 6.45) is -1.23. The summed E-state index contributed by atoms with van der Waals surface area (Å²) in [6.45, 7) is 11.3. The minimum atomic E-state index is -0.682. The molecule has 1 unspecified atom stereocenters. The zero-order valence-corrected chi connectivity index (χ0v) is 21.0. The second kappa shape index (κ2) is 11.4. The molecule has 0 spiro atoms. The van der Waals surface area contributed by atoms with E-state index in [-0.39, 0.29) is 19.1 Å². The molecule has 34 heavy (non-hydrogen) atoms. The van der Waals surface area contributed by atoms with E-state index < -0.39 is 41.8 Å². The van der Waals surface area contributed by atoms with Crippen molar-refractivity contribution in [2.75, 3.05) is 13.2 Å². The van der Waals surface area contributed by atoms with E-state index in [0.29, 0.717) is 18.6 Å². The van der Waals surface area contributed by atoms with Gasteiger partial charge in [0.15, 0.2) is 6.10 Å². The van der Waals surface area contributed by atoms with Gasteiger partial charge in [-0.3, -0.25) is 19.2 Å². The second-order valence-electron chi connectivity index (χ2n) is 9.44. The lowest BCUT2D eigenvalue weighted by molar-refractivity contribution is -0.166. The number of benzene rings is 1. The molecule has 1 amide bonds. The molecular formula is C25H35NO8. The molecule has 0 radical (unpaired) electrons. The molecule has 1 aromatic carbocycles. The van der Waals surface area contributed by atoms with Crippen LogP contribution in [0, 0.1) is 0 Å². The third kappa shape index (κ3) is 7.74. The number of fused-ring (bicyclic) bond motifs is 1. The Morgan fingerprint density at radius 1 is 0.941 bits per heavy atom. The van der Waals surface area contributed by atoms with Gasteiger partial charge < -0.3 is 23.8 Å². The maximum Gasteiger partial charge on any atom is 0.303 e. The average molecular weight is 478 g/mol. The Morgan fingerprint density at radius 3 is 2.03 bits per heavy atom. The van der Waals surface area contributed by atoms with Crippen LogP contribution in [0.25, 0.3) is 0 Å². The fourth-order valence-electron chi connectivity index (χ4n) is 4.13. The van der Waals surface area contributed by atoms with Crippen LogP contribution in [0.4, 0.5) is 0 Å². The lowest BCUT2D eigenvalue weighted by atomic mass is 9.87. The first-order valence-corrected chi connectivity index (χ1v) is 11.3. The Labute approximate surface area is 200 Å². The molecule has 0 heterocycles. The maximum absolute atomic E-state index is 12.2. The molecule has 2 rings (SSSR count). The lowest BCUT2D eigenvalue weighted by Gasteiger charge is -2.37. The van der Waals surface area contributed by atoms with Crippen LogP contribution in [0.2, 0.25) is 0 Å². The molecule has 0 fully saturated rings. The van der Waals surface area contributed by atoms with Crippen LogP contribution in [-0.2, 0) is 46.2 Å². The van der Waals surface area contributed by atoms with E-state index in [1.165, 1.54) is 27.7 Å². The molecule has 0 bridgehead atoms. The van der Waals surface area contributed by atoms with Gasteiger partial charge in [-0.25, -0.2) is 0 Å². The van der Waals surface area contributed by atoms with Crippen LogP contribution < -0.4 is 4.74 Å². The summed E-state index contributed by atoms with van der Waals surface area (Å²) in [6, 6.07) is 5.51. The van der Waals surface area contributed by atoms with Gasteiger partial charge in [0.25, 0.3) is 0 Å². The number of hydrogen-bond donors (Lipinski definition) is 0. The van der Waals surface area contributed by atoms with Crippen LogP contribution in [-0.4, -0.2) is 65.7 Å². The van der Waals surface area contributed by atoms with E-state index in [0.717, 1.165) is 11.1 Å². The van der Waals surface area contributed by atoms with Crippen molar-refractivity contribution in [1.29, 1.82) is 0 Å². The molecule has 0 saturated heterocycles. The molecule has 9 heteroatoms. The molecule has 0 aromatic heterocycles. The summed E-state index contributed by atoms with van der Waals surface area (Å²) < 4.78 is 22.3. The van der Waals surface area contributed by atoms with Gasteiger partial charge in [0.2, 0.25) is 5.91 Å². The van der Waals surface area contributed by atoms with Crippen molar-refractivity contribution in [3.8, 4) is 5.75 Å². The third-order valence-corrected chi connectivity index (χ3v) is 5.44. The van der Waals surface area contributed by atoms with Crippen molar-refractivity contribution >= 4 is 23.8 Å². The number of nitrogens with zero attached hydrogens (tertiary/aromatic N) is 1. The smallest absolute Gasteiger partial charge is 0.303 e. The van der Waals surface area contributed by atoms with E-state index in [1.807, 2.05) is 32.9 Å². The van der Waals surface area contributed by atoms with Crippen molar-refractivity contribution in [2.24, 2.45) is 0 Å². The van der Waals surface area contributed by atoms with E-state index in [2.05, 4.69) is 0 Å². The van der Waals surface area contributed by atoms with E-state index in [9.17, 15) is 19.2 Å². The molecule has 9 nitrogen and oxygen atoms in total. The third-order valence-electron chi connectivity index (χ3n) is 5.44. The van der Waals surface area contributed by atoms with Crippen LogP contribution in [0.3, 0.4) is 0 Å². The van der Waals surface area contributed by atoms with Crippen LogP contribution >= 0.6 is 0 Å². The summed E-state index contributed by atoms with van der Waals surface area (Å²) >= 11 is 0. The van der Waals surface area contributed by atoms with E-state index >= 15 is 0 Å². The first-order valence-electron chi connectivity index (χ1n) is 11.3. The Balaban J connectivity index is 2.25. The minimum Gasteiger partial charge on any atom is -0.489 e. The average Bonchev–Trinajstić information content (AvgIpc) is 2.68. The van der Waals surface area contributed by atoms with Crippen molar-refractivity contribution in [1.82, 2.24) is 4.90 Å². The lowest BCUT2D eigenvalue weighted by Crippen LogP contribution is -2.50. The number of carbonyl (C=O) groups is 4. The van der Waals surface area contributed by atoms with Crippen molar-refractivity contribution in [3.05, 3.63) is 29.3 Å². The number of amides is 1. The van der Waals surface area contributed by atoms with Gasteiger partial charge in [0.05, 0.1) is 6.54 Å². The topological polar surface area (TPSA) is 108 Å². The summed E-state index contributed by atoms with van der Waals surface area (Å²) in [5.74, 6) is -0.970. The first-order chi connectivity index (χ1) is 15.8. The fourth-order valence-corrected chi connectivity index (χ4v) is 4.13. The predicted molar refractivity (Wildman–Crippen MR) is 123 cm³/mol. The van der Waals surface area contributed by atoms with Gasteiger partial charge in [-0.1, -0.05) is 12.1 Å². The normalized spacial score (nSPS) is 18.2. The van der Waals surface area contributed by atoms with Crippen molar-refractivity contribution in [3.63, 3.8) is 0 Å². The highest BCUT2D eigenvalue weighted by Gasteiger charge is 2.35. The summed E-state index contributed by atoms with van der Waals surface area (Å²) in [5, 5.41) is 0. The highest BCUT2D eigenvalue weighted by Crippen LogP contribution is 2.33. The van der Waals surface area contributed by atoms with E-state index in [1.54, 1.807) is 11.0 Å². The number of rotatable bonds is 8. The predicted octanol–water partition coefficient (Wildman–Crippen LogP) is 2.61. The standard InChI is InChI=1S/C25H35NO8/c1-15(27)26(25(5,6)7)13-20(32-16(2)28)14-31-22-10-8-9-19-11-23(33-17(3)29)24(12-21(19)22)34-18(4)30/h8-10,20,23-24H,11-14H2,1-7H3/t20?,23-,24-/m0/s1. The quantitative estimate of drug-likeness (QED) is 0.415. The highest BCUT2D eigenvalue weighted by atomic mass is 16.6. The number of ether oxygens (including phenoxy) is 4. The molecule has 0 aliphatic heterocycles. The molecule has 0 saturated carbocycles. The summed E-state index contributed by atoms with van der Waals surface area (Å²) in [7, 11) is 0. The SMILES string of the molecule is CC(=O)OC(COc1cccc2c1C[C@H](OC(C)=O)[C@@H](OC(C)=O)C2)CN(C(C)=O)C(C)(C)C. The monoisotopic (exact) mass is 477 g/mol. The molecule has 1 aliphatic rings. The summed E-state index contributed by atoms with van der Waals surface area (Å²) in [4.78, 5) is 48.7. The zero-order valence-electron chi connectivity index (χ0n) is 21.0. The summed E-state index contributed by atoms with van der Waals surface area (Å²) in [5.41, 5.74) is 1.29. The number of carbonyl (C=O) groups excluding carboxylic acids is 4. The van der Waals surface area contributed by atoms with Crippen LogP contribution in [0.1, 0.15) is 59.6 Å². The van der Waals surface area contributed by atoms with Gasteiger partial charge in [0, 0.05) is 51.6 Å². The molecule has 188 valence electrons. The Hall–Kier alpha value is -3.10. The van der Waals surface area contributed by atoms with Gasteiger partial charge in [-0.15, -0.1) is 0 Å². The molecular weight excluding hydrogens is 442 g/mol. The molecule has 1 aromatic rings. The van der Waals surface area contributed by atoms with Crippen molar-refractivity contribution in [2.45, 2.75) is 85.2 Å². The first kappa shape index (κ1) is 27.1. The largest absolute Gasteiger partial charge is 0.489 e.